The second-order valence-electron chi connectivity index (χ2n) is 4.28. The summed E-state index contributed by atoms with van der Waals surface area (Å²) in [5.41, 5.74) is 2.09. The van der Waals surface area contributed by atoms with Crippen molar-refractivity contribution in [2.75, 3.05) is 12.4 Å². The highest BCUT2D eigenvalue weighted by Crippen LogP contribution is 2.27. The highest BCUT2D eigenvalue weighted by atomic mass is 79.9. The Hall–Kier alpha value is -1.52. The second kappa shape index (κ2) is 6.29. The van der Waals surface area contributed by atoms with Crippen molar-refractivity contribution < 1.29 is 9.53 Å². The molecule has 0 aromatic heterocycles. The summed E-state index contributed by atoms with van der Waals surface area (Å²) in [7, 11) is 1.54. The van der Waals surface area contributed by atoms with Crippen LogP contribution in [0.3, 0.4) is 0 Å². The van der Waals surface area contributed by atoms with Gasteiger partial charge in [0.25, 0.3) is 5.91 Å². The first-order chi connectivity index (χ1) is 9.51. The van der Waals surface area contributed by atoms with Gasteiger partial charge in [-0.15, -0.1) is 0 Å². The summed E-state index contributed by atoms with van der Waals surface area (Å²) in [6.07, 6.45) is 0. The van der Waals surface area contributed by atoms with Crippen LogP contribution in [0.25, 0.3) is 0 Å². The van der Waals surface area contributed by atoms with Crippen molar-refractivity contribution in [3.63, 3.8) is 0 Å². The van der Waals surface area contributed by atoms with E-state index in [1.54, 1.807) is 30.3 Å². The minimum atomic E-state index is -0.242. The van der Waals surface area contributed by atoms with Crippen LogP contribution in [0.5, 0.6) is 5.75 Å². The molecule has 0 heterocycles. The summed E-state index contributed by atoms with van der Waals surface area (Å²) in [6.45, 7) is 1.92. The number of rotatable bonds is 3. The molecule has 20 heavy (non-hydrogen) atoms. The van der Waals surface area contributed by atoms with Crippen LogP contribution in [0, 0.1) is 6.92 Å². The Morgan fingerprint density at radius 3 is 2.70 bits per heavy atom. The highest BCUT2D eigenvalue weighted by molar-refractivity contribution is 9.10. The minimum absolute atomic E-state index is 0.242. The smallest absolute Gasteiger partial charge is 0.259 e. The van der Waals surface area contributed by atoms with E-state index in [0.29, 0.717) is 22.0 Å². The van der Waals surface area contributed by atoms with Crippen molar-refractivity contribution in [2.45, 2.75) is 6.92 Å². The van der Waals surface area contributed by atoms with E-state index in [9.17, 15) is 4.79 Å². The molecule has 0 saturated heterocycles. The zero-order chi connectivity index (χ0) is 14.7. The Bertz CT molecular complexity index is 658. The summed E-state index contributed by atoms with van der Waals surface area (Å²) in [4.78, 5) is 12.4. The lowest BCUT2D eigenvalue weighted by atomic mass is 10.1. The van der Waals surface area contributed by atoms with Gasteiger partial charge in [-0.1, -0.05) is 23.2 Å². The molecule has 1 amide bonds. The van der Waals surface area contributed by atoms with E-state index in [1.165, 1.54) is 7.11 Å². The van der Waals surface area contributed by atoms with Gasteiger partial charge < -0.3 is 10.1 Å². The van der Waals surface area contributed by atoms with Crippen LogP contribution in [-0.2, 0) is 0 Å². The van der Waals surface area contributed by atoms with Crippen LogP contribution in [-0.4, -0.2) is 13.0 Å². The zero-order valence-electron chi connectivity index (χ0n) is 11.0. The van der Waals surface area contributed by atoms with Gasteiger partial charge in [-0.3, -0.25) is 4.79 Å². The van der Waals surface area contributed by atoms with Gasteiger partial charge in [0.15, 0.2) is 0 Å². The Labute approximate surface area is 131 Å². The molecule has 0 aliphatic carbocycles. The van der Waals surface area contributed by atoms with Crippen LogP contribution in [0.4, 0.5) is 5.69 Å². The molecule has 5 heteroatoms. The lowest BCUT2D eigenvalue weighted by molar-refractivity contribution is 0.102. The van der Waals surface area contributed by atoms with E-state index in [4.69, 9.17) is 16.3 Å². The first-order valence-corrected chi connectivity index (χ1v) is 7.09. The van der Waals surface area contributed by atoms with Gasteiger partial charge in [0, 0.05) is 9.50 Å². The fourth-order valence-electron chi connectivity index (χ4n) is 1.78. The van der Waals surface area contributed by atoms with Crippen LogP contribution >= 0.6 is 27.5 Å². The number of halogens is 2. The van der Waals surface area contributed by atoms with E-state index in [0.717, 1.165) is 10.0 Å². The van der Waals surface area contributed by atoms with Crippen molar-refractivity contribution in [3.05, 3.63) is 57.0 Å². The standard InChI is InChI=1S/C15H13BrClNO2/c1-9-3-6-14(20-2)11(7-9)15(19)18-13-8-10(17)4-5-12(13)16/h3-8H,1-2H3,(H,18,19). The molecule has 2 aromatic carbocycles. The first kappa shape index (κ1) is 14.9. The van der Waals surface area contributed by atoms with Crippen LogP contribution < -0.4 is 10.1 Å². The molecule has 0 bridgehead atoms. The van der Waals surface area contributed by atoms with E-state index in [-0.39, 0.29) is 5.91 Å². The third-order valence-electron chi connectivity index (χ3n) is 2.78. The highest BCUT2D eigenvalue weighted by Gasteiger charge is 2.14. The molecule has 0 saturated carbocycles. The Morgan fingerprint density at radius 1 is 1.25 bits per heavy atom. The number of methoxy groups -OCH3 is 1. The summed E-state index contributed by atoms with van der Waals surface area (Å²) >= 11 is 9.31. The van der Waals surface area contributed by atoms with Crippen molar-refractivity contribution in [2.24, 2.45) is 0 Å². The topological polar surface area (TPSA) is 38.3 Å². The maximum Gasteiger partial charge on any atom is 0.259 e. The molecule has 1 N–H and O–H groups in total. The molecule has 0 radical (unpaired) electrons. The SMILES string of the molecule is COc1ccc(C)cc1C(=O)Nc1cc(Cl)ccc1Br. The van der Waals surface area contributed by atoms with E-state index < -0.39 is 0 Å². The second-order valence-corrected chi connectivity index (χ2v) is 5.57. The predicted molar refractivity (Wildman–Crippen MR) is 84.8 cm³/mol. The summed E-state index contributed by atoms with van der Waals surface area (Å²) in [6, 6.07) is 10.7. The molecule has 104 valence electrons. The van der Waals surface area contributed by atoms with Gasteiger partial charge >= 0.3 is 0 Å². The molecule has 0 aliphatic rings. The third kappa shape index (κ3) is 3.32. The van der Waals surface area contributed by atoms with Gasteiger partial charge in [-0.05, 0) is 53.2 Å². The third-order valence-corrected chi connectivity index (χ3v) is 3.70. The summed E-state index contributed by atoms with van der Waals surface area (Å²) < 4.78 is 5.98. The van der Waals surface area contributed by atoms with Crippen LogP contribution in [0.2, 0.25) is 5.02 Å². The number of aryl methyl sites for hydroxylation is 1. The number of hydrogen-bond donors (Lipinski definition) is 1. The maximum atomic E-state index is 12.4. The molecule has 0 aliphatic heterocycles. The van der Waals surface area contributed by atoms with Crippen molar-refractivity contribution in [1.82, 2.24) is 0 Å². The fourth-order valence-corrected chi connectivity index (χ4v) is 2.30. The van der Waals surface area contributed by atoms with Gasteiger partial charge in [-0.25, -0.2) is 0 Å². The largest absolute Gasteiger partial charge is 0.496 e. The van der Waals surface area contributed by atoms with Gasteiger partial charge in [-0.2, -0.15) is 0 Å². The Balaban J connectivity index is 2.32. The molecule has 0 atom stereocenters. The average molecular weight is 355 g/mol. The van der Waals surface area contributed by atoms with Crippen molar-refractivity contribution in [3.8, 4) is 5.75 Å². The van der Waals surface area contributed by atoms with Crippen LogP contribution in [0.1, 0.15) is 15.9 Å². The molecule has 2 aromatic rings. The Kier molecular flexibility index (Phi) is 4.68. The summed E-state index contributed by atoms with van der Waals surface area (Å²) in [5, 5.41) is 3.37. The molecule has 0 unspecified atom stereocenters. The van der Waals surface area contributed by atoms with Crippen molar-refractivity contribution >= 4 is 39.1 Å². The van der Waals surface area contributed by atoms with E-state index in [1.807, 2.05) is 13.0 Å². The minimum Gasteiger partial charge on any atom is -0.496 e. The van der Waals surface area contributed by atoms with E-state index >= 15 is 0 Å². The number of anilines is 1. The van der Waals surface area contributed by atoms with E-state index in [2.05, 4.69) is 21.2 Å². The average Bonchev–Trinajstić information content (AvgIpc) is 2.42. The quantitative estimate of drug-likeness (QED) is 0.869. The van der Waals surface area contributed by atoms with Gasteiger partial charge in [0.1, 0.15) is 5.75 Å². The van der Waals surface area contributed by atoms with Crippen molar-refractivity contribution in [1.29, 1.82) is 0 Å². The number of benzene rings is 2. The maximum absolute atomic E-state index is 12.4. The summed E-state index contributed by atoms with van der Waals surface area (Å²) in [5.74, 6) is 0.291. The molecule has 3 nitrogen and oxygen atoms in total. The lowest BCUT2D eigenvalue weighted by Gasteiger charge is -2.11. The molecule has 0 fully saturated rings. The number of nitrogens with one attached hydrogen (secondary N) is 1. The predicted octanol–water partition coefficient (Wildman–Crippen LogP) is 4.67. The lowest BCUT2D eigenvalue weighted by Crippen LogP contribution is -2.13. The number of carbonyl (C=O) groups excluding carboxylic acids is 1. The molecular formula is C15H13BrClNO2. The fraction of sp³-hybridized carbons (Fsp3) is 0.133. The zero-order valence-corrected chi connectivity index (χ0v) is 13.4. The number of amides is 1. The molecular weight excluding hydrogens is 342 g/mol. The number of ether oxygens (including phenoxy) is 1. The molecule has 2 rings (SSSR count). The van der Waals surface area contributed by atoms with Crippen LogP contribution in [0.15, 0.2) is 40.9 Å². The number of hydrogen-bond acceptors (Lipinski definition) is 2. The Morgan fingerprint density at radius 2 is 2.00 bits per heavy atom. The first-order valence-electron chi connectivity index (χ1n) is 5.92. The monoisotopic (exact) mass is 353 g/mol. The number of carbonyl (C=O) groups is 1. The van der Waals surface area contributed by atoms with Gasteiger partial charge in [0.05, 0.1) is 18.4 Å². The molecule has 0 spiro atoms. The van der Waals surface area contributed by atoms with Gasteiger partial charge in [0.2, 0.25) is 0 Å². The normalized spacial score (nSPS) is 10.2.